The third-order valence-electron chi connectivity index (χ3n) is 2.60. The van der Waals surface area contributed by atoms with E-state index < -0.39 is 5.91 Å². The Morgan fingerprint density at radius 3 is 2.82 bits per heavy atom. The fraction of sp³-hybridized carbons (Fsp3) is 0. The van der Waals surface area contributed by atoms with Crippen LogP contribution in [0.3, 0.4) is 0 Å². The van der Waals surface area contributed by atoms with Crippen LogP contribution in [0.25, 0.3) is 11.4 Å². The topological polar surface area (TPSA) is 80.4 Å². The van der Waals surface area contributed by atoms with Crippen molar-refractivity contribution in [3.63, 3.8) is 0 Å². The molecule has 0 radical (unpaired) electrons. The molecule has 3 rings (SSSR count). The molecule has 0 aliphatic rings. The Balaban J connectivity index is 1.66. The van der Waals surface area contributed by atoms with Gasteiger partial charge in [0.1, 0.15) is 0 Å². The van der Waals surface area contributed by atoms with Crippen molar-refractivity contribution in [1.29, 1.82) is 0 Å². The number of thiophene rings is 1. The molecule has 8 heteroatoms. The summed E-state index contributed by atoms with van der Waals surface area (Å²) in [6.45, 7) is 0. The highest BCUT2D eigenvalue weighted by Crippen LogP contribution is 2.14. The van der Waals surface area contributed by atoms with Gasteiger partial charge in [-0.05, 0) is 12.1 Å². The molecule has 0 aliphatic carbocycles. The van der Waals surface area contributed by atoms with E-state index in [1.165, 1.54) is 12.3 Å². The first-order valence-electron chi connectivity index (χ1n) is 6.20. The van der Waals surface area contributed by atoms with E-state index in [2.05, 4.69) is 20.7 Å². The van der Waals surface area contributed by atoms with E-state index in [0.29, 0.717) is 10.7 Å². The summed E-state index contributed by atoms with van der Waals surface area (Å²) < 4.78 is 17.7. The Kier molecular flexibility index (Phi) is 4.01. The number of amides is 1. The highest BCUT2D eigenvalue weighted by atomic mass is 32.1. The maximum absolute atomic E-state index is 12.8. The number of nitrogens with zero attached hydrogens (tertiary/aromatic N) is 3. The third kappa shape index (κ3) is 3.23. The summed E-state index contributed by atoms with van der Waals surface area (Å²) in [5.41, 5.74) is 2.98. The summed E-state index contributed by atoms with van der Waals surface area (Å²) in [6, 6.07) is 12.0. The second kappa shape index (κ2) is 6.27. The average Bonchev–Trinajstić information content (AvgIpc) is 3.17. The van der Waals surface area contributed by atoms with Gasteiger partial charge in [-0.25, -0.2) is 5.43 Å². The molecule has 0 saturated heterocycles. The molecule has 0 unspecified atom stereocenters. The molecule has 22 heavy (non-hydrogen) atoms. The van der Waals surface area contributed by atoms with Gasteiger partial charge in [-0.3, -0.25) is 4.79 Å². The molecule has 0 saturated carbocycles. The summed E-state index contributed by atoms with van der Waals surface area (Å²) in [5, 5.41) is 7.11. The summed E-state index contributed by atoms with van der Waals surface area (Å²) in [4.78, 5) is 16.4. The monoisotopic (exact) mass is 316 g/mol. The van der Waals surface area contributed by atoms with Crippen molar-refractivity contribution in [3.05, 3.63) is 58.4 Å². The molecule has 0 spiro atoms. The first-order chi connectivity index (χ1) is 10.7. The number of halogens is 1. The van der Waals surface area contributed by atoms with Gasteiger partial charge in [0.2, 0.25) is 5.82 Å². The first-order valence-corrected chi connectivity index (χ1v) is 7.02. The quantitative estimate of drug-likeness (QED) is 0.593. The number of hydrogen-bond acceptors (Lipinski definition) is 6. The number of hydrogen-bond donors (Lipinski definition) is 1. The molecular weight excluding hydrogens is 307 g/mol. The van der Waals surface area contributed by atoms with Gasteiger partial charge < -0.3 is 4.52 Å². The normalized spacial score (nSPS) is 11.0. The molecule has 1 amide bonds. The largest absolute Gasteiger partial charge is 0.329 e. The van der Waals surface area contributed by atoms with Gasteiger partial charge in [0.15, 0.2) is 5.13 Å². The molecular formula is C14H9FN4O2S. The van der Waals surface area contributed by atoms with Gasteiger partial charge in [-0.15, -0.1) is 11.3 Å². The van der Waals surface area contributed by atoms with Crippen LogP contribution in [0.15, 0.2) is 52.1 Å². The number of carbonyl (C=O) groups is 1. The van der Waals surface area contributed by atoms with E-state index in [4.69, 9.17) is 4.52 Å². The fourth-order valence-corrected chi connectivity index (χ4v) is 2.22. The highest BCUT2D eigenvalue weighted by Gasteiger charge is 2.15. The molecule has 3 aromatic rings. The van der Waals surface area contributed by atoms with Crippen molar-refractivity contribution in [1.82, 2.24) is 15.6 Å². The third-order valence-corrected chi connectivity index (χ3v) is 3.41. The van der Waals surface area contributed by atoms with Crippen molar-refractivity contribution < 1.29 is 13.7 Å². The van der Waals surface area contributed by atoms with Crippen LogP contribution in [0.2, 0.25) is 0 Å². The Morgan fingerprint density at radius 2 is 2.09 bits per heavy atom. The molecule has 2 heterocycles. The summed E-state index contributed by atoms with van der Waals surface area (Å²) >= 11 is 0.918. The molecule has 2 aromatic heterocycles. The van der Waals surface area contributed by atoms with E-state index in [9.17, 15) is 9.18 Å². The van der Waals surface area contributed by atoms with E-state index in [1.807, 2.05) is 18.2 Å². The number of aromatic nitrogens is 2. The minimum Gasteiger partial charge on any atom is -0.328 e. The Morgan fingerprint density at radius 1 is 1.27 bits per heavy atom. The summed E-state index contributed by atoms with van der Waals surface area (Å²) in [7, 11) is 0. The minimum atomic E-state index is -0.636. The molecule has 0 aliphatic heterocycles. The number of carbonyl (C=O) groups excluding carboxylic acids is 1. The number of nitrogens with one attached hydrogen (secondary N) is 1. The highest BCUT2D eigenvalue weighted by molar-refractivity contribution is 7.12. The summed E-state index contributed by atoms with van der Waals surface area (Å²) in [6.07, 6.45) is 1.33. The lowest BCUT2D eigenvalue weighted by atomic mass is 10.2. The molecule has 6 nitrogen and oxygen atoms in total. The van der Waals surface area contributed by atoms with Crippen LogP contribution in [0.1, 0.15) is 15.6 Å². The lowest BCUT2D eigenvalue weighted by Crippen LogP contribution is -2.17. The summed E-state index contributed by atoms with van der Waals surface area (Å²) in [5.74, 6) is -0.522. The van der Waals surface area contributed by atoms with Crippen LogP contribution in [0.4, 0.5) is 4.39 Å². The Bertz CT molecular complexity index is 813. The van der Waals surface area contributed by atoms with Gasteiger partial charge in [0, 0.05) is 5.56 Å². The van der Waals surface area contributed by atoms with Crippen LogP contribution in [-0.2, 0) is 0 Å². The van der Waals surface area contributed by atoms with Crippen molar-refractivity contribution in [2.75, 3.05) is 0 Å². The molecule has 110 valence electrons. The standard InChI is InChI=1S/C14H9FN4O2S/c15-11-7-6-10(22-11)8-16-18-13(20)14-17-12(19-21-14)9-4-2-1-3-5-9/h1-8H,(H,18,20)/b16-8-. The van der Waals surface area contributed by atoms with Crippen molar-refractivity contribution in [2.45, 2.75) is 0 Å². The predicted molar refractivity (Wildman–Crippen MR) is 79.1 cm³/mol. The zero-order valence-electron chi connectivity index (χ0n) is 11.1. The second-order valence-electron chi connectivity index (χ2n) is 4.13. The van der Waals surface area contributed by atoms with Crippen LogP contribution in [0, 0.1) is 5.13 Å². The minimum absolute atomic E-state index is 0.201. The van der Waals surface area contributed by atoms with Crippen molar-refractivity contribution >= 4 is 23.5 Å². The Hall–Kier alpha value is -2.87. The van der Waals surface area contributed by atoms with E-state index in [-0.39, 0.29) is 11.0 Å². The number of rotatable bonds is 4. The molecule has 0 atom stereocenters. The first kappa shape index (κ1) is 14.1. The van der Waals surface area contributed by atoms with Gasteiger partial charge in [0.25, 0.3) is 0 Å². The van der Waals surface area contributed by atoms with Crippen LogP contribution in [0.5, 0.6) is 0 Å². The van der Waals surface area contributed by atoms with E-state index in [1.54, 1.807) is 18.2 Å². The molecule has 1 aromatic carbocycles. The lowest BCUT2D eigenvalue weighted by molar-refractivity contribution is 0.0911. The van der Waals surface area contributed by atoms with Crippen molar-refractivity contribution in [3.8, 4) is 11.4 Å². The zero-order chi connectivity index (χ0) is 15.4. The number of benzene rings is 1. The maximum Gasteiger partial charge on any atom is 0.329 e. The fourth-order valence-electron chi connectivity index (χ4n) is 1.62. The predicted octanol–water partition coefficient (Wildman–Crippen LogP) is 2.70. The molecule has 0 fully saturated rings. The number of hydrazone groups is 1. The Labute approximate surface area is 128 Å². The van der Waals surface area contributed by atoms with Gasteiger partial charge in [-0.1, -0.05) is 35.5 Å². The van der Waals surface area contributed by atoms with Gasteiger partial charge in [0.05, 0.1) is 11.1 Å². The van der Waals surface area contributed by atoms with Crippen LogP contribution >= 0.6 is 11.3 Å². The van der Waals surface area contributed by atoms with Crippen LogP contribution < -0.4 is 5.43 Å². The maximum atomic E-state index is 12.8. The van der Waals surface area contributed by atoms with Gasteiger partial charge >= 0.3 is 11.8 Å². The molecule has 1 N–H and O–H groups in total. The average molecular weight is 316 g/mol. The van der Waals surface area contributed by atoms with Gasteiger partial charge in [-0.2, -0.15) is 14.5 Å². The SMILES string of the molecule is O=C(N/N=C\c1ccc(F)s1)c1nc(-c2ccccc2)no1. The zero-order valence-corrected chi connectivity index (χ0v) is 11.9. The van der Waals surface area contributed by atoms with Crippen molar-refractivity contribution in [2.24, 2.45) is 5.10 Å². The van der Waals surface area contributed by atoms with Crippen LogP contribution in [-0.4, -0.2) is 22.3 Å². The molecule has 0 bridgehead atoms. The van der Waals surface area contributed by atoms with E-state index in [0.717, 1.165) is 16.9 Å². The lowest BCUT2D eigenvalue weighted by Gasteiger charge is -1.92. The smallest absolute Gasteiger partial charge is 0.328 e. The van der Waals surface area contributed by atoms with E-state index >= 15 is 0 Å². The second-order valence-corrected chi connectivity index (χ2v) is 5.20.